The number of amides is 1. The third-order valence-electron chi connectivity index (χ3n) is 5.87. The first-order valence-corrected chi connectivity index (χ1v) is 11.4. The molecule has 0 saturated carbocycles. The van der Waals surface area contributed by atoms with E-state index in [2.05, 4.69) is 15.5 Å². The molecule has 10 heteroatoms. The number of nitrogens with zero attached hydrogens (tertiary/aromatic N) is 3. The van der Waals surface area contributed by atoms with Gasteiger partial charge >= 0.3 is 0 Å². The van der Waals surface area contributed by atoms with Crippen LogP contribution in [0, 0.1) is 24.5 Å². The number of hydrogen-bond donors (Lipinski definition) is 1. The lowest BCUT2D eigenvalue weighted by atomic mass is 9.75. The molecule has 1 N–H and O–H groups in total. The number of ether oxygens (including phenoxy) is 1. The molecule has 7 nitrogen and oxygen atoms in total. The average molecular weight is 471 g/mol. The topological polar surface area (TPSA) is 89.6 Å². The van der Waals surface area contributed by atoms with Crippen LogP contribution in [0.15, 0.2) is 58.0 Å². The number of hydrogen-bond acceptors (Lipinski definition) is 7. The van der Waals surface area contributed by atoms with E-state index in [4.69, 9.17) is 14.3 Å². The molecule has 1 fully saturated rings. The molecule has 170 valence electrons. The molecule has 5 rings (SSSR count). The first-order valence-electron chi connectivity index (χ1n) is 10.4. The fourth-order valence-corrected chi connectivity index (χ4v) is 5.39. The summed E-state index contributed by atoms with van der Waals surface area (Å²) in [7, 11) is 0. The minimum Gasteiger partial charge on any atom is -0.365 e. The summed E-state index contributed by atoms with van der Waals surface area (Å²) in [5.41, 5.74) is -0.425. The second-order valence-electron chi connectivity index (χ2n) is 8.01. The van der Waals surface area contributed by atoms with Crippen LogP contribution in [0.25, 0.3) is 0 Å². The molecule has 3 aromatic rings. The van der Waals surface area contributed by atoms with E-state index >= 15 is 0 Å². The van der Waals surface area contributed by atoms with Crippen molar-refractivity contribution in [3.05, 3.63) is 83.0 Å². The molecule has 1 amide bonds. The fraction of sp³-hybridized carbons (Fsp3) is 0.304. The Bertz CT molecular complexity index is 1220. The highest BCUT2D eigenvalue weighted by atomic mass is 32.2. The Hall–Kier alpha value is -3.11. The monoisotopic (exact) mass is 470 g/mol. The van der Waals surface area contributed by atoms with Crippen molar-refractivity contribution < 1.29 is 22.8 Å². The Balaban J connectivity index is 1.50. The van der Waals surface area contributed by atoms with Gasteiger partial charge in [-0.2, -0.15) is 4.98 Å². The van der Waals surface area contributed by atoms with Crippen molar-refractivity contribution >= 4 is 22.8 Å². The smallest absolute Gasteiger partial charge is 0.257 e. The lowest BCUT2D eigenvalue weighted by Gasteiger charge is -2.45. The summed E-state index contributed by atoms with van der Waals surface area (Å²) in [6, 6.07) is 12.2. The number of aromatic nitrogens is 2. The van der Waals surface area contributed by atoms with E-state index in [1.54, 1.807) is 31.2 Å². The van der Waals surface area contributed by atoms with Gasteiger partial charge in [-0.3, -0.25) is 4.79 Å². The highest BCUT2D eigenvalue weighted by Gasteiger charge is 2.51. The standard InChI is InChI=1S/C23H20F2N4O3S/c1-13-26-21(32-29-13)19-9-15-11-33-22(27-20(30)14-5-3-2-4-6-14)28-23(15,12-31-19)17-8-7-16(24)10-18(17)25/h2-8,10,15,19H,9,11-12H2,1H3,(H,27,28,30)/t15-,19+,23-/m0/s1. The molecule has 1 saturated heterocycles. The number of carbonyl (C=O) groups excluding carboxylic acids is 1. The quantitative estimate of drug-likeness (QED) is 0.618. The molecule has 0 spiro atoms. The lowest BCUT2D eigenvalue weighted by molar-refractivity contribution is -0.0715. The van der Waals surface area contributed by atoms with E-state index < -0.39 is 23.3 Å². The molecule has 0 aliphatic carbocycles. The van der Waals surface area contributed by atoms with E-state index in [1.807, 2.05) is 6.07 Å². The fourth-order valence-electron chi connectivity index (χ4n) is 4.23. The first kappa shape index (κ1) is 21.7. The van der Waals surface area contributed by atoms with Gasteiger partial charge in [0.05, 0.1) is 6.61 Å². The number of fused-ring (bicyclic) bond motifs is 1. The van der Waals surface area contributed by atoms with Crippen LogP contribution in [0.4, 0.5) is 8.78 Å². The third kappa shape index (κ3) is 4.16. The van der Waals surface area contributed by atoms with Crippen LogP contribution in [-0.2, 0) is 10.3 Å². The molecule has 0 unspecified atom stereocenters. The Morgan fingerprint density at radius 2 is 2.03 bits per heavy atom. The SMILES string of the molecule is Cc1noc([C@H]2C[C@H]3CSC(NC(=O)c4ccccc4)=N[C@@]3(c3ccc(F)cc3F)CO2)n1. The molecule has 33 heavy (non-hydrogen) atoms. The maximum atomic E-state index is 15.0. The molecule has 2 aliphatic heterocycles. The summed E-state index contributed by atoms with van der Waals surface area (Å²) in [5.74, 6) is -0.476. The van der Waals surface area contributed by atoms with Crippen molar-refractivity contribution in [2.45, 2.75) is 25.0 Å². The molecule has 3 heterocycles. The summed E-state index contributed by atoms with van der Waals surface area (Å²) in [5, 5.41) is 7.00. The van der Waals surface area contributed by atoms with E-state index in [9.17, 15) is 13.6 Å². The first-order chi connectivity index (χ1) is 15.9. The predicted octanol–water partition coefficient (Wildman–Crippen LogP) is 4.16. The summed E-state index contributed by atoms with van der Waals surface area (Å²) < 4.78 is 40.0. The van der Waals surface area contributed by atoms with Gasteiger partial charge in [-0.1, -0.05) is 41.2 Å². The van der Waals surface area contributed by atoms with Crippen molar-refractivity contribution in [1.82, 2.24) is 15.5 Å². The van der Waals surface area contributed by atoms with Crippen molar-refractivity contribution in [2.75, 3.05) is 12.4 Å². The molecule has 3 atom stereocenters. The van der Waals surface area contributed by atoms with Crippen LogP contribution in [-0.4, -0.2) is 33.6 Å². The summed E-state index contributed by atoms with van der Waals surface area (Å²) in [6.07, 6.45) is -0.00131. The summed E-state index contributed by atoms with van der Waals surface area (Å²) in [6.45, 7) is 1.73. The molecule has 1 aromatic heterocycles. The molecule has 2 aromatic carbocycles. The number of aryl methyl sites for hydroxylation is 1. The second-order valence-corrected chi connectivity index (χ2v) is 9.02. The average Bonchev–Trinajstić information content (AvgIpc) is 3.25. The summed E-state index contributed by atoms with van der Waals surface area (Å²) in [4.78, 5) is 21.7. The van der Waals surface area contributed by atoms with E-state index in [-0.39, 0.29) is 24.0 Å². The van der Waals surface area contributed by atoms with Crippen molar-refractivity contribution in [2.24, 2.45) is 10.9 Å². The molecular formula is C23H20F2N4O3S. The van der Waals surface area contributed by atoms with Crippen LogP contribution < -0.4 is 5.32 Å². The van der Waals surface area contributed by atoms with E-state index in [1.165, 1.54) is 23.9 Å². The Morgan fingerprint density at radius 1 is 1.21 bits per heavy atom. The maximum absolute atomic E-state index is 15.0. The van der Waals surface area contributed by atoms with Crippen LogP contribution in [0.3, 0.4) is 0 Å². The number of rotatable bonds is 3. The number of carbonyl (C=O) groups is 1. The predicted molar refractivity (Wildman–Crippen MR) is 118 cm³/mol. The maximum Gasteiger partial charge on any atom is 0.257 e. The lowest BCUT2D eigenvalue weighted by Crippen LogP contribution is -2.49. The van der Waals surface area contributed by atoms with Gasteiger partial charge in [0.15, 0.2) is 11.0 Å². The van der Waals surface area contributed by atoms with E-state index in [0.29, 0.717) is 34.6 Å². The van der Waals surface area contributed by atoms with Gasteiger partial charge in [0.25, 0.3) is 11.8 Å². The van der Waals surface area contributed by atoms with Gasteiger partial charge in [-0.25, -0.2) is 13.8 Å². The zero-order valence-electron chi connectivity index (χ0n) is 17.6. The second kappa shape index (κ2) is 8.68. The highest BCUT2D eigenvalue weighted by molar-refractivity contribution is 8.13. The van der Waals surface area contributed by atoms with Gasteiger partial charge in [-0.15, -0.1) is 0 Å². The number of amidine groups is 1. The third-order valence-corrected chi connectivity index (χ3v) is 6.91. The Morgan fingerprint density at radius 3 is 2.76 bits per heavy atom. The van der Waals surface area contributed by atoms with Gasteiger partial charge in [-0.05, 0) is 31.5 Å². The minimum absolute atomic E-state index is 0.0115. The zero-order valence-corrected chi connectivity index (χ0v) is 18.4. The van der Waals surface area contributed by atoms with Gasteiger partial charge < -0.3 is 14.6 Å². The number of nitrogens with one attached hydrogen (secondary N) is 1. The van der Waals surface area contributed by atoms with Crippen LogP contribution in [0.2, 0.25) is 0 Å². The molecule has 0 radical (unpaired) electrons. The molecule has 2 aliphatic rings. The largest absolute Gasteiger partial charge is 0.365 e. The highest BCUT2D eigenvalue weighted by Crippen LogP contribution is 2.49. The van der Waals surface area contributed by atoms with Crippen LogP contribution in [0.1, 0.15) is 40.2 Å². The summed E-state index contributed by atoms with van der Waals surface area (Å²) >= 11 is 1.38. The Kier molecular flexibility index (Phi) is 5.71. The van der Waals surface area contributed by atoms with Crippen molar-refractivity contribution in [1.29, 1.82) is 0 Å². The number of aliphatic imine (C=N–C) groups is 1. The zero-order chi connectivity index (χ0) is 23.0. The number of benzene rings is 2. The number of thioether (sulfide) groups is 1. The molecule has 0 bridgehead atoms. The Labute approximate surface area is 192 Å². The number of halogens is 2. The van der Waals surface area contributed by atoms with E-state index in [0.717, 1.165) is 6.07 Å². The molecular weight excluding hydrogens is 450 g/mol. The van der Waals surface area contributed by atoms with Crippen molar-refractivity contribution in [3.8, 4) is 0 Å². The van der Waals surface area contributed by atoms with Gasteiger partial charge in [0.1, 0.15) is 23.3 Å². The van der Waals surface area contributed by atoms with Gasteiger partial charge in [0, 0.05) is 28.9 Å². The van der Waals surface area contributed by atoms with Crippen molar-refractivity contribution in [3.63, 3.8) is 0 Å². The van der Waals surface area contributed by atoms with Crippen LogP contribution >= 0.6 is 11.8 Å². The van der Waals surface area contributed by atoms with Gasteiger partial charge in [0.2, 0.25) is 0 Å². The minimum atomic E-state index is -1.13. The normalized spacial score (nSPS) is 24.6. The van der Waals surface area contributed by atoms with Crippen LogP contribution in [0.5, 0.6) is 0 Å².